The van der Waals surface area contributed by atoms with E-state index in [1.54, 1.807) is 67.6 Å². The number of carbonyl (C=O) groups excluding carboxylic acids is 2. The molecule has 0 heterocycles. The first-order valence-corrected chi connectivity index (χ1v) is 15.2. The predicted molar refractivity (Wildman–Crippen MR) is 155 cm³/mol. The third-order valence-corrected chi connectivity index (χ3v) is 9.16. The Kier molecular flexibility index (Phi) is 9.99. The summed E-state index contributed by atoms with van der Waals surface area (Å²) in [6, 6.07) is 19.3. The van der Waals surface area contributed by atoms with Gasteiger partial charge >= 0.3 is 0 Å². The predicted octanol–water partition coefficient (Wildman–Crippen LogP) is 4.90. The molecule has 1 saturated carbocycles. The lowest BCUT2D eigenvalue weighted by atomic mass is 9.95. The second-order valence-corrected chi connectivity index (χ2v) is 12.0. The Hall–Kier alpha value is -3.92. The molecule has 0 radical (unpaired) electrons. The normalized spacial score (nSPS) is 14.6. The van der Waals surface area contributed by atoms with Crippen LogP contribution in [0.4, 0.5) is 10.1 Å². The molecule has 0 aliphatic heterocycles. The number of carbonyl (C=O) groups is 2. The molecule has 10 heteroatoms. The Morgan fingerprint density at radius 1 is 0.951 bits per heavy atom. The monoisotopic (exact) mass is 581 g/mol. The molecule has 1 aliphatic carbocycles. The fourth-order valence-corrected chi connectivity index (χ4v) is 6.48. The van der Waals surface area contributed by atoms with Gasteiger partial charge in [-0.3, -0.25) is 13.9 Å². The number of rotatable bonds is 11. The van der Waals surface area contributed by atoms with Gasteiger partial charge in [0.2, 0.25) is 11.8 Å². The third kappa shape index (κ3) is 7.24. The number of ether oxygens (including phenoxy) is 1. The average Bonchev–Trinajstić information content (AvgIpc) is 3.00. The van der Waals surface area contributed by atoms with Crippen LogP contribution in [0.25, 0.3) is 0 Å². The van der Waals surface area contributed by atoms with Crippen LogP contribution in [0.15, 0.2) is 83.8 Å². The molecule has 3 aromatic carbocycles. The van der Waals surface area contributed by atoms with Crippen LogP contribution in [0.5, 0.6) is 5.75 Å². The number of methoxy groups -OCH3 is 1. The minimum Gasteiger partial charge on any atom is -0.495 e. The molecule has 1 atom stereocenters. The van der Waals surface area contributed by atoms with E-state index in [2.05, 4.69) is 5.32 Å². The van der Waals surface area contributed by atoms with Crippen LogP contribution in [0.3, 0.4) is 0 Å². The van der Waals surface area contributed by atoms with Gasteiger partial charge in [0.05, 0.1) is 17.7 Å². The van der Waals surface area contributed by atoms with Crippen LogP contribution in [-0.2, 0) is 26.2 Å². The van der Waals surface area contributed by atoms with E-state index in [0.717, 1.165) is 36.4 Å². The van der Waals surface area contributed by atoms with Crippen molar-refractivity contribution in [2.24, 2.45) is 0 Å². The Morgan fingerprint density at radius 2 is 1.59 bits per heavy atom. The number of sulfonamides is 1. The van der Waals surface area contributed by atoms with E-state index in [0.29, 0.717) is 0 Å². The number of halogens is 1. The molecule has 0 saturated heterocycles. The summed E-state index contributed by atoms with van der Waals surface area (Å²) < 4.78 is 48.9. The summed E-state index contributed by atoms with van der Waals surface area (Å²) in [4.78, 5) is 28.6. The summed E-state index contributed by atoms with van der Waals surface area (Å²) in [5.74, 6) is -1.30. The third-order valence-electron chi connectivity index (χ3n) is 7.38. The van der Waals surface area contributed by atoms with Crippen LogP contribution in [-0.4, -0.2) is 50.9 Å². The van der Waals surface area contributed by atoms with Gasteiger partial charge in [0.1, 0.15) is 24.2 Å². The van der Waals surface area contributed by atoms with E-state index in [4.69, 9.17) is 4.74 Å². The lowest BCUT2D eigenvalue weighted by Crippen LogP contribution is -2.53. The molecule has 1 N–H and O–H groups in total. The van der Waals surface area contributed by atoms with Gasteiger partial charge in [0.15, 0.2) is 0 Å². The first-order valence-electron chi connectivity index (χ1n) is 13.8. The zero-order valence-electron chi connectivity index (χ0n) is 23.3. The molecule has 0 unspecified atom stereocenters. The SMILES string of the molecule is COc1ccccc1N(CC(=O)N(Cc1ccccc1F)[C@@H](C)C(=O)NC1CCCCC1)S(=O)(=O)c1ccccc1. The maximum atomic E-state index is 14.7. The van der Waals surface area contributed by atoms with Gasteiger partial charge in [0.25, 0.3) is 10.0 Å². The number of benzene rings is 3. The van der Waals surface area contributed by atoms with Crippen LogP contribution < -0.4 is 14.4 Å². The van der Waals surface area contributed by atoms with Crippen molar-refractivity contribution in [1.29, 1.82) is 0 Å². The largest absolute Gasteiger partial charge is 0.495 e. The van der Waals surface area contributed by atoms with Crippen molar-refractivity contribution in [2.45, 2.75) is 62.6 Å². The molecule has 41 heavy (non-hydrogen) atoms. The van der Waals surface area contributed by atoms with Gasteiger partial charge in [-0.05, 0) is 50.1 Å². The zero-order chi connectivity index (χ0) is 29.4. The summed E-state index contributed by atoms with van der Waals surface area (Å²) in [6.07, 6.45) is 4.87. The molecule has 0 spiro atoms. The molecule has 1 fully saturated rings. The van der Waals surface area contributed by atoms with Gasteiger partial charge in [0, 0.05) is 18.2 Å². The molecule has 8 nitrogen and oxygen atoms in total. The molecule has 0 aromatic heterocycles. The summed E-state index contributed by atoms with van der Waals surface area (Å²) in [5.41, 5.74) is 0.380. The fourth-order valence-electron chi connectivity index (χ4n) is 5.03. The highest BCUT2D eigenvalue weighted by atomic mass is 32.2. The smallest absolute Gasteiger partial charge is 0.264 e. The van der Waals surface area contributed by atoms with Crippen LogP contribution in [0.1, 0.15) is 44.6 Å². The minimum atomic E-state index is -4.23. The van der Waals surface area contributed by atoms with E-state index in [-0.39, 0.29) is 40.4 Å². The summed E-state index contributed by atoms with van der Waals surface area (Å²) >= 11 is 0. The van der Waals surface area contributed by atoms with E-state index >= 15 is 0 Å². The van der Waals surface area contributed by atoms with Gasteiger partial charge in [-0.2, -0.15) is 0 Å². The summed E-state index contributed by atoms with van der Waals surface area (Å²) in [7, 11) is -2.82. The highest BCUT2D eigenvalue weighted by molar-refractivity contribution is 7.92. The Bertz CT molecular complexity index is 1440. The van der Waals surface area contributed by atoms with E-state index in [9.17, 15) is 22.4 Å². The molecule has 1 aliphatic rings. The topological polar surface area (TPSA) is 96.0 Å². The quantitative estimate of drug-likeness (QED) is 0.348. The highest BCUT2D eigenvalue weighted by Crippen LogP contribution is 2.32. The lowest BCUT2D eigenvalue weighted by Gasteiger charge is -2.33. The Morgan fingerprint density at radius 3 is 2.27 bits per heavy atom. The standard InChI is InChI=1S/C31H36FN3O5S/c1-23(31(37)33-25-14-5-3-6-15-25)34(21-24-13-9-10-18-27(24)32)30(36)22-35(28-19-11-12-20-29(28)40-2)41(38,39)26-16-7-4-8-17-26/h4,7-13,16-20,23,25H,3,5-6,14-15,21-22H2,1-2H3,(H,33,37)/t23-/m0/s1. The number of hydrogen-bond acceptors (Lipinski definition) is 5. The van der Waals surface area contributed by atoms with E-state index in [1.165, 1.54) is 30.2 Å². The van der Waals surface area contributed by atoms with Crippen LogP contribution in [0.2, 0.25) is 0 Å². The zero-order valence-corrected chi connectivity index (χ0v) is 24.1. The molecule has 2 amide bonds. The second kappa shape index (κ2) is 13.6. The van der Waals surface area contributed by atoms with Crippen molar-refractivity contribution in [3.63, 3.8) is 0 Å². The van der Waals surface area contributed by atoms with Gasteiger partial charge < -0.3 is 15.0 Å². The van der Waals surface area contributed by atoms with Crippen molar-refractivity contribution >= 4 is 27.5 Å². The molecule has 4 rings (SSSR count). The first-order chi connectivity index (χ1) is 19.7. The molecule has 3 aromatic rings. The molecular formula is C31H36FN3O5S. The van der Waals surface area contributed by atoms with Crippen molar-refractivity contribution in [2.75, 3.05) is 18.0 Å². The average molecular weight is 582 g/mol. The number of para-hydroxylation sites is 2. The molecular weight excluding hydrogens is 545 g/mol. The van der Waals surface area contributed by atoms with Crippen LogP contribution in [0, 0.1) is 5.82 Å². The van der Waals surface area contributed by atoms with Crippen molar-refractivity contribution < 1.29 is 27.1 Å². The number of nitrogens with one attached hydrogen (secondary N) is 1. The first kappa shape index (κ1) is 30.0. The Labute approximate surface area is 241 Å². The number of anilines is 1. The number of hydrogen-bond donors (Lipinski definition) is 1. The van der Waals surface area contributed by atoms with Crippen LogP contribution >= 0.6 is 0 Å². The minimum absolute atomic E-state index is 0.00708. The maximum Gasteiger partial charge on any atom is 0.264 e. The van der Waals surface area contributed by atoms with Crippen molar-refractivity contribution in [3.8, 4) is 5.75 Å². The van der Waals surface area contributed by atoms with Crippen molar-refractivity contribution in [3.05, 3.63) is 90.2 Å². The maximum absolute atomic E-state index is 14.7. The van der Waals surface area contributed by atoms with E-state index < -0.39 is 34.3 Å². The Balaban J connectivity index is 1.70. The highest BCUT2D eigenvalue weighted by Gasteiger charge is 2.34. The fraction of sp³-hybridized carbons (Fsp3) is 0.355. The van der Waals surface area contributed by atoms with Gasteiger partial charge in [-0.1, -0.05) is 67.8 Å². The van der Waals surface area contributed by atoms with Gasteiger partial charge in [-0.25, -0.2) is 12.8 Å². The summed E-state index contributed by atoms with van der Waals surface area (Å²) in [6.45, 7) is 0.735. The second-order valence-electron chi connectivity index (χ2n) is 10.1. The van der Waals surface area contributed by atoms with E-state index in [1.807, 2.05) is 0 Å². The molecule has 218 valence electrons. The molecule has 0 bridgehead atoms. The number of nitrogens with zero attached hydrogens (tertiary/aromatic N) is 2. The number of amides is 2. The summed E-state index contributed by atoms with van der Waals surface area (Å²) in [5, 5.41) is 3.04. The lowest BCUT2D eigenvalue weighted by molar-refractivity contribution is -0.139. The van der Waals surface area contributed by atoms with Crippen molar-refractivity contribution in [1.82, 2.24) is 10.2 Å². The van der Waals surface area contributed by atoms with Gasteiger partial charge in [-0.15, -0.1) is 0 Å².